The lowest BCUT2D eigenvalue weighted by Gasteiger charge is -2.10. The molecule has 0 unspecified atom stereocenters. The monoisotopic (exact) mass is 409 g/mol. The molecular formula is C22H17ClFN3S. The van der Waals surface area contributed by atoms with Gasteiger partial charge >= 0.3 is 0 Å². The van der Waals surface area contributed by atoms with E-state index in [1.54, 1.807) is 23.9 Å². The number of nitrogens with zero attached hydrogens (tertiary/aromatic N) is 3. The van der Waals surface area contributed by atoms with Gasteiger partial charge in [-0.2, -0.15) is 0 Å². The van der Waals surface area contributed by atoms with Crippen molar-refractivity contribution in [3.05, 3.63) is 94.8 Å². The number of halogens is 2. The lowest BCUT2D eigenvalue weighted by molar-refractivity contribution is 0.627. The molecule has 3 nitrogen and oxygen atoms in total. The van der Waals surface area contributed by atoms with Crippen LogP contribution in [0.2, 0.25) is 5.02 Å². The van der Waals surface area contributed by atoms with Crippen molar-refractivity contribution in [2.45, 2.75) is 17.8 Å². The standard InChI is InChI=1S/C22H17ClFN3S/c1-15-2-4-16(5-3-15)14-28-22-26-25-21(17-6-8-18(23)9-7-17)27(22)20-12-10-19(24)11-13-20/h2-13H,14H2,1H3. The number of aryl methyl sites for hydroxylation is 1. The molecule has 28 heavy (non-hydrogen) atoms. The Hall–Kier alpha value is -2.63. The Morgan fingerprint density at radius 3 is 2.25 bits per heavy atom. The van der Waals surface area contributed by atoms with E-state index in [2.05, 4.69) is 41.4 Å². The van der Waals surface area contributed by atoms with Crippen LogP contribution in [-0.2, 0) is 5.75 Å². The summed E-state index contributed by atoms with van der Waals surface area (Å²) in [6, 6.07) is 22.2. The average molecular weight is 410 g/mol. The first-order chi connectivity index (χ1) is 13.6. The van der Waals surface area contributed by atoms with Crippen LogP contribution in [0.5, 0.6) is 0 Å². The van der Waals surface area contributed by atoms with Crippen molar-refractivity contribution in [1.29, 1.82) is 0 Å². The minimum absolute atomic E-state index is 0.279. The SMILES string of the molecule is Cc1ccc(CSc2nnc(-c3ccc(Cl)cc3)n2-c2ccc(F)cc2)cc1. The molecule has 0 saturated heterocycles. The van der Waals surface area contributed by atoms with Gasteiger partial charge in [0, 0.05) is 22.0 Å². The van der Waals surface area contributed by atoms with E-state index >= 15 is 0 Å². The van der Waals surface area contributed by atoms with Crippen LogP contribution in [0.3, 0.4) is 0 Å². The van der Waals surface area contributed by atoms with Gasteiger partial charge in [-0.1, -0.05) is 53.2 Å². The van der Waals surface area contributed by atoms with Gasteiger partial charge in [-0.15, -0.1) is 10.2 Å². The zero-order valence-corrected chi connectivity index (χ0v) is 16.7. The highest BCUT2D eigenvalue weighted by Crippen LogP contribution is 2.30. The van der Waals surface area contributed by atoms with Crippen molar-refractivity contribution in [3.63, 3.8) is 0 Å². The second-order valence-electron chi connectivity index (χ2n) is 6.40. The third-order valence-electron chi connectivity index (χ3n) is 4.31. The van der Waals surface area contributed by atoms with Crippen LogP contribution in [0.15, 0.2) is 78.0 Å². The molecule has 0 atom stereocenters. The van der Waals surface area contributed by atoms with E-state index in [9.17, 15) is 4.39 Å². The van der Waals surface area contributed by atoms with E-state index < -0.39 is 0 Å². The van der Waals surface area contributed by atoms with E-state index in [0.717, 1.165) is 22.2 Å². The first-order valence-electron chi connectivity index (χ1n) is 8.76. The fourth-order valence-electron chi connectivity index (χ4n) is 2.80. The molecule has 0 saturated carbocycles. The van der Waals surface area contributed by atoms with Gasteiger partial charge in [-0.05, 0) is 61.0 Å². The third-order valence-corrected chi connectivity index (χ3v) is 5.56. The number of thioether (sulfide) groups is 1. The fraction of sp³-hybridized carbons (Fsp3) is 0.0909. The molecule has 0 aliphatic rings. The lowest BCUT2D eigenvalue weighted by Crippen LogP contribution is -2.00. The first kappa shape index (κ1) is 18.7. The molecule has 0 aliphatic carbocycles. The van der Waals surface area contributed by atoms with Crippen LogP contribution in [-0.4, -0.2) is 14.8 Å². The van der Waals surface area contributed by atoms with Crippen LogP contribution in [0.1, 0.15) is 11.1 Å². The summed E-state index contributed by atoms with van der Waals surface area (Å²) in [5.41, 5.74) is 4.14. The molecule has 0 aliphatic heterocycles. The fourth-order valence-corrected chi connectivity index (χ4v) is 3.84. The number of rotatable bonds is 5. The minimum Gasteiger partial charge on any atom is -0.270 e. The van der Waals surface area contributed by atoms with Gasteiger partial charge in [0.1, 0.15) is 5.82 Å². The van der Waals surface area contributed by atoms with Crippen molar-refractivity contribution >= 4 is 23.4 Å². The second kappa shape index (κ2) is 8.17. The molecule has 3 aromatic carbocycles. The van der Waals surface area contributed by atoms with Crippen LogP contribution < -0.4 is 0 Å². The summed E-state index contributed by atoms with van der Waals surface area (Å²) in [6.07, 6.45) is 0. The molecule has 4 aromatic rings. The molecule has 140 valence electrons. The minimum atomic E-state index is -0.279. The molecule has 1 heterocycles. The molecular weight excluding hydrogens is 393 g/mol. The molecule has 0 amide bonds. The summed E-state index contributed by atoms with van der Waals surface area (Å²) >= 11 is 7.61. The van der Waals surface area contributed by atoms with Gasteiger partial charge in [-0.3, -0.25) is 4.57 Å². The van der Waals surface area contributed by atoms with Crippen LogP contribution >= 0.6 is 23.4 Å². The smallest absolute Gasteiger partial charge is 0.196 e. The third kappa shape index (κ3) is 4.11. The number of aromatic nitrogens is 3. The molecule has 0 spiro atoms. The van der Waals surface area contributed by atoms with Gasteiger partial charge in [0.25, 0.3) is 0 Å². The number of hydrogen-bond donors (Lipinski definition) is 0. The molecule has 0 N–H and O–H groups in total. The predicted octanol–water partition coefficient (Wildman–Crippen LogP) is 6.33. The van der Waals surface area contributed by atoms with Gasteiger partial charge in [0.15, 0.2) is 11.0 Å². The van der Waals surface area contributed by atoms with E-state index in [1.807, 2.05) is 28.8 Å². The quantitative estimate of drug-likeness (QED) is 0.361. The van der Waals surface area contributed by atoms with Crippen molar-refractivity contribution in [1.82, 2.24) is 14.8 Å². The summed E-state index contributed by atoms with van der Waals surface area (Å²) in [4.78, 5) is 0. The highest BCUT2D eigenvalue weighted by molar-refractivity contribution is 7.98. The summed E-state index contributed by atoms with van der Waals surface area (Å²) < 4.78 is 15.4. The molecule has 6 heteroatoms. The normalized spacial score (nSPS) is 11.0. The Morgan fingerprint density at radius 1 is 0.893 bits per heavy atom. The molecule has 0 radical (unpaired) electrons. The Balaban J connectivity index is 1.72. The maximum absolute atomic E-state index is 13.4. The summed E-state index contributed by atoms with van der Waals surface area (Å²) in [6.45, 7) is 2.07. The lowest BCUT2D eigenvalue weighted by atomic mass is 10.2. The van der Waals surface area contributed by atoms with Crippen molar-refractivity contribution < 1.29 is 4.39 Å². The van der Waals surface area contributed by atoms with E-state index in [4.69, 9.17) is 11.6 Å². The average Bonchev–Trinajstić information content (AvgIpc) is 3.13. The van der Waals surface area contributed by atoms with Crippen molar-refractivity contribution in [2.24, 2.45) is 0 Å². The van der Waals surface area contributed by atoms with E-state index in [-0.39, 0.29) is 5.82 Å². The molecule has 0 bridgehead atoms. The Kier molecular flexibility index (Phi) is 5.46. The van der Waals surface area contributed by atoms with Gasteiger partial charge in [-0.25, -0.2) is 4.39 Å². The van der Waals surface area contributed by atoms with Gasteiger partial charge in [0.05, 0.1) is 0 Å². The maximum atomic E-state index is 13.4. The van der Waals surface area contributed by atoms with Crippen LogP contribution in [0, 0.1) is 12.7 Å². The Morgan fingerprint density at radius 2 is 1.57 bits per heavy atom. The Bertz CT molecular complexity index is 1070. The second-order valence-corrected chi connectivity index (χ2v) is 7.78. The summed E-state index contributed by atoms with van der Waals surface area (Å²) in [5.74, 6) is 1.17. The van der Waals surface area contributed by atoms with Crippen LogP contribution in [0.25, 0.3) is 17.1 Å². The topological polar surface area (TPSA) is 30.7 Å². The Labute approximate surface area is 172 Å². The van der Waals surface area contributed by atoms with Crippen LogP contribution in [0.4, 0.5) is 4.39 Å². The summed E-state index contributed by atoms with van der Waals surface area (Å²) in [5, 5.41) is 10.2. The first-order valence-corrected chi connectivity index (χ1v) is 10.1. The zero-order chi connectivity index (χ0) is 19.5. The van der Waals surface area contributed by atoms with E-state index in [0.29, 0.717) is 10.8 Å². The molecule has 1 aromatic heterocycles. The zero-order valence-electron chi connectivity index (χ0n) is 15.1. The molecule has 4 rings (SSSR count). The van der Waals surface area contributed by atoms with E-state index in [1.165, 1.54) is 23.3 Å². The summed E-state index contributed by atoms with van der Waals surface area (Å²) in [7, 11) is 0. The number of hydrogen-bond acceptors (Lipinski definition) is 3. The van der Waals surface area contributed by atoms with Gasteiger partial charge < -0.3 is 0 Å². The van der Waals surface area contributed by atoms with Crippen molar-refractivity contribution in [3.8, 4) is 17.1 Å². The predicted molar refractivity (Wildman–Crippen MR) is 113 cm³/mol. The highest BCUT2D eigenvalue weighted by Gasteiger charge is 2.16. The number of benzene rings is 3. The maximum Gasteiger partial charge on any atom is 0.196 e. The van der Waals surface area contributed by atoms with Crippen molar-refractivity contribution in [2.75, 3.05) is 0 Å². The highest BCUT2D eigenvalue weighted by atomic mass is 35.5. The molecule has 0 fully saturated rings. The van der Waals surface area contributed by atoms with Gasteiger partial charge in [0.2, 0.25) is 0 Å². The largest absolute Gasteiger partial charge is 0.270 e.